The molecule has 0 aliphatic carbocycles. The van der Waals surface area contributed by atoms with Gasteiger partial charge < -0.3 is 10.2 Å². The number of rotatable bonds is 8. The lowest BCUT2D eigenvalue weighted by Crippen LogP contribution is -2.39. The summed E-state index contributed by atoms with van der Waals surface area (Å²) in [5.74, 6) is 0.729. The van der Waals surface area contributed by atoms with E-state index in [2.05, 4.69) is 63.3 Å². The van der Waals surface area contributed by atoms with Gasteiger partial charge in [-0.15, -0.1) is 0 Å². The smallest absolute Gasteiger partial charge is 0.0537 e. The zero-order valence-corrected chi connectivity index (χ0v) is 13.3. The molecule has 0 saturated heterocycles. The summed E-state index contributed by atoms with van der Waals surface area (Å²) in [5, 5.41) is 7.96. The number of likely N-dealkylation sites (N-methyl/N-ethyl adjacent to an activating group) is 1. The van der Waals surface area contributed by atoms with E-state index in [1.807, 2.05) is 10.9 Å². The van der Waals surface area contributed by atoms with Crippen molar-refractivity contribution >= 4 is 0 Å². The minimum absolute atomic E-state index is 0.356. The molecule has 0 radical (unpaired) electrons. The minimum atomic E-state index is 0.356. The quantitative estimate of drug-likeness (QED) is 0.785. The second kappa shape index (κ2) is 7.65. The zero-order chi connectivity index (χ0) is 14.4. The number of hydrogen-bond donors (Lipinski definition) is 1. The SMILES string of the molecule is CCn1cc(C(C)NCC(CC(C)C)N(C)C)cn1. The van der Waals surface area contributed by atoms with Crippen LogP contribution in [0.4, 0.5) is 0 Å². The van der Waals surface area contributed by atoms with Crippen LogP contribution in [0.3, 0.4) is 0 Å². The first-order chi connectivity index (χ1) is 8.93. The van der Waals surface area contributed by atoms with E-state index in [9.17, 15) is 0 Å². The van der Waals surface area contributed by atoms with Crippen molar-refractivity contribution in [3.05, 3.63) is 18.0 Å². The van der Waals surface area contributed by atoms with E-state index in [4.69, 9.17) is 0 Å². The lowest BCUT2D eigenvalue weighted by molar-refractivity contribution is 0.242. The summed E-state index contributed by atoms with van der Waals surface area (Å²) in [7, 11) is 4.32. The summed E-state index contributed by atoms with van der Waals surface area (Å²) >= 11 is 0. The maximum atomic E-state index is 4.33. The van der Waals surface area contributed by atoms with Gasteiger partial charge in [-0.1, -0.05) is 13.8 Å². The summed E-state index contributed by atoms with van der Waals surface area (Å²) in [6.45, 7) is 10.8. The Morgan fingerprint density at radius 2 is 2.00 bits per heavy atom. The molecule has 0 spiro atoms. The van der Waals surface area contributed by atoms with Crippen LogP contribution in [-0.2, 0) is 6.54 Å². The fraction of sp³-hybridized carbons (Fsp3) is 0.800. The zero-order valence-electron chi connectivity index (χ0n) is 13.3. The Balaban J connectivity index is 2.49. The number of aromatic nitrogens is 2. The summed E-state index contributed by atoms with van der Waals surface area (Å²) in [6, 6.07) is 0.943. The lowest BCUT2D eigenvalue weighted by atomic mass is 10.0. The first-order valence-corrected chi connectivity index (χ1v) is 7.36. The van der Waals surface area contributed by atoms with Crippen molar-refractivity contribution < 1.29 is 0 Å². The summed E-state index contributed by atoms with van der Waals surface area (Å²) in [6.07, 6.45) is 5.32. The second-order valence-corrected chi connectivity index (χ2v) is 6.01. The van der Waals surface area contributed by atoms with Gasteiger partial charge in [0.2, 0.25) is 0 Å². The molecule has 0 aliphatic rings. The third-order valence-corrected chi connectivity index (χ3v) is 3.61. The molecule has 4 nitrogen and oxygen atoms in total. The third-order valence-electron chi connectivity index (χ3n) is 3.61. The van der Waals surface area contributed by atoms with Gasteiger partial charge >= 0.3 is 0 Å². The lowest BCUT2D eigenvalue weighted by Gasteiger charge is -2.27. The first kappa shape index (κ1) is 16.2. The van der Waals surface area contributed by atoms with E-state index in [-0.39, 0.29) is 0 Å². The van der Waals surface area contributed by atoms with E-state index in [1.54, 1.807) is 0 Å². The van der Waals surface area contributed by atoms with Crippen LogP contribution in [0.5, 0.6) is 0 Å². The van der Waals surface area contributed by atoms with E-state index < -0.39 is 0 Å². The van der Waals surface area contributed by atoms with Crippen molar-refractivity contribution in [2.75, 3.05) is 20.6 Å². The van der Waals surface area contributed by atoms with Gasteiger partial charge in [-0.3, -0.25) is 4.68 Å². The molecule has 1 N–H and O–H groups in total. The first-order valence-electron chi connectivity index (χ1n) is 7.36. The van der Waals surface area contributed by atoms with Crippen molar-refractivity contribution in [3.63, 3.8) is 0 Å². The van der Waals surface area contributed by atoms with Crippen LogP contribution in [0.15, 0.2) is 12.4 Å². The van der Waals surface area contributed by atoms with E-state index in [1.165, 1.54) is 12.0 Å². The van der Waals surface area contributed by atoms with E-state index in [0.717, 1.165) is 19.0 Å². The predicted molar refractivity (Wildman–Crippen MR) is 81.2 cm³/mol. The van der Waals surface area contributed by atoms with E-state index in [0.29, 0.717) is 12.1 Å². The number of aryl methyl sites for hydroxylation is 1. The van der Waals surface area contributed by atoms with Crippen molar-refractivity contribution in [1.82, 2.24) is 20.0 Å². The van der Waals surface area contributed by atoms with Crippen molar-refractivity contribution in [1.29, 1.82) is 0 Å². The molecule has 110 valence electrons. The Labute approximate surface area is 118 Å². The Kier molecular flexibility index (Phi) is 6.52. The van der Waals surface area contributed by atoms with Gasteiger partial charge in [-0.25, -0.2) is 0 Å². The summed E-state index contributed by atoms with van der Waals surface area (Å²) in [4.78, 5) is 2.31. The van der Waals surface area contributed by atoms with Gasteiger partial charge in [0, 0.05) is 36.9 Å². The highest BCUT2D eigenvalue weighted by Gasteiger charge is 2.15. The molecule has 0 bridgehead atoms. The Morgan fingerprint density at radius 1 is 1.32 bits per heavy atom. The molecular weight excluding hydrogens is 236 g/mol. The largest absolute Gasteiger partial charge is 0.309 e. The summed E-state index contributed by atoms with van der Waals surface area (Å²) < 4.78 is 1.98. The highest BCUT2D eigenvalue weighted by atomic mass is 15.3. The van der Waals surface area contributed by atoms with E-state index >= 15 is 0 Å². The number of nitrogens with zero attached hydrogens (tertiary/aromatic N) is 3. The van der Waals surface area contributed by atoms with Gasteiger partial charge in [-0.2, -0.15) is 5.10 Å². The molecule has 2 unspecified atom stereocenters. The molecule has 0 saturated carbocycles. The van der Waals surface area contributed by atoms with Gasteiger partial charge in [0.05, 0.1) is 6.20 Å². The molecule has 0 amide bonds. The van der Waals surface area contributed by atoms with Crippen molar-refractivity contribution in [2.45, 2.75) is 52.7 Å². The van der Waals surface area contributed by atoms with Crippen LogP contribution in [0, 0.1) is 5.92 Å². The van der Waals surface area contributed by atoms with Crippen molar-refractivity contribution in [3.8, 4) is 0 Å². The van der Waals surface area contributed by atoms with Crippen LogP contribution in [0.1, 0.15) is 45.7 Å². The average Bonchev–Trinajstić information content (AvgIpc) is 2.82. The Morgan fingerprint density at radius 3 is 2.47 bits per heavy atom. The molecule has 19 heavy (non-hydrogen) atoms. The third kappa shape index (κ3) is 5.33. The maximum absolute atomic E-state index is 4.33. The highest BCUT2D eigenvalue weighted by Crippen LogP contribution is 2.13. The molecule has 0 aliphatic heterocycles. The van der Waals surface area contributed by atoms with Crippen LogP contribution in [-0.4, -0.2) is 41.4 Å². The Bertz CT molecular complexity index is 357. The summed E-state index contributed by atoms with van der Waals surface area (Å²) in [5.41, 5.74) is 1.27. The fourth-order valence-corrected chi connectivity index (χ4v) is 2.23. The molecule has 1 aromatic heterocycles. The highest BCUT2D eigenvalue weighted by molar-refractivity contribution is 5.09. The molecular formula is C15H30N4. The van der Waals surface area contributed by atoms with Gasteiger partial charge in [0.1, 0.15) is 0 Å². The number of hydrogen-bond acceptors (Lipinski definition) is 3. The van der Waals surface area contributed by atoms with Crippen LogP contribution >= 0.6 is 0 Å². The van der Waals surface area contributed by atoms with Gasteiger partial charge in [0.15, 0.2) is 0 Å². The number of nitrogens with one attached hydrogen (secondary N) is 1. The van der Waals surface area contributed by atoms with Gasteiger partial charge in [-0.05, 0) is 40.3 Å². The molecule has 1 rings (SSSR count). The molecule has 0 aromatic carbocycles. The van der Waals surface area contributed by atoms with Crippen LogP contribution in [0.25, 0.3) is 0 Å². The Hall–Kier alpha value is -0.870. The normalized spacial score (nSPS) is 15.2. The molecule has 4 heteroatoms. The van der Waals surface area contributed by atoms with Crippen LogP contribution in [0.2, 0.25) is 0 Å². The average molecular weight is 266 g/mol. The van der Waals surface area contributed by atoms with Crippen LogP contribution < -0.4 is 5.32 Å². The molecule has 1 aromatic rings. The topological polar surface area (TPSA) is 33.1 Å². The molecule has 1 heterocycles. The molecule has 2 atom stereocenters. The molecule has 0 fully saturated rings. The maximum Gasteiger partial charge on any atom is 0.0537 e. The minimum Gasteiger partial charge on any atom is -0.309 e. The standard InChI is InChI=1S/C15H30N4/c1-7-19-11-14(9-17-19)13(4)16-10-15(18(5)6)8-12(2)3/h9,11-13,15-16H,7-8,10H2,1-6H3. The predicted octanol–water partition coefficient (Wildman–Crippen LogP) is 2.53. The fourth-order valence-electron chi connectivity index (χ4n) is 2.23. The van der Waals surface area contributed by atoms with Crippen molar-refractivity contribution in [2.24, 2.45) is 5.92 Å². The monoisotopic (exact) mass is 266 g/mol. The van der Waals surface area contributed by atoms with Gasteiger partial charge in [0.25, 0.3) is 0 Å². The second-order valence-electron chi connectivity index (χ2n) is 6.01.